The lowest BCUT2D eigenvalue weighted by Gasteiger charge is -2.38. The second kappa shape index (κ2) is 13.3. The van der Waals surface area contributed by atoms with Gasteiger partial charge in [0.15, 0.2) is 0 Å². The molecule has 3 amide bonds. The molecule has 0 saturated carbocycles. The molecule has 10 heteroatoms. The highest BCUT2D eigenvalue weighted by molar-refractivity contribution is 5.92. The molecule has 1 aromatic heterocycles. The number of carbonyl (C=O) groups excluding carboxylic acids is 3. The number of ether oxygens (including phenoxy) is 2. The summed E-state index contributed by atoms with van der Waals surface area (Å²) in [6.07, 6.45) is 2.80. The van der Waals surface area contributed by atoms with Crippen LogP contribution in [0.1, 0.15) is 70.8 Å². The first kappa shape index (κ1) is 30.2. The fourth-order valence-corrected chi connectivity index (χ4v) is 5.88. The first-order valence-corrected chi connectivity index (χ1v) is 14.8. The summed E-state index contributed by atoms with van der Waals surface area (Å²) >= 11 is 0. The zero-order chi connectivity index (χ0) is 28.9. The maximum Gasteiger partial charge on any atom is 0.270 e. The van der Waals surface area contributed by atoms with Crippen LogP contribution in [0.25, 0.3) is 0 Å². The molecule has 222 valence electrons. The molecular formula is C30H47N5O5. The fraction of sp³-hybridized carbons (Fsp3) is 0.733. The lowest BCUT2D eigenvalue weighted by atomic mass is 9.90. The second-order valence-electron chi connectivity index (χ2n) is 12.9. The summed E-state index contributed by atoms with van der Waals surface area (Å²) in [5.41, 5.74) is 0.188. The van der Waals surface area contributed by atoms with E-state index in [0.29, 0.717) is 77.2 Å². The molecule has 5 rings (SSSR count). The van der Waals surface area contributed by atoms with Crippen molar-refractivity contribution in [3.8, 4) is 5.88 Å². The van der Waals surface area contributed by atoms with E-state index < -0.39 is 0 Å². The van der Waals surface area contributed by atoms with Gasteiger partial charge < -0.3 is 24.6 Å². The molecule has 5 heterocycles. The van der Waals surface area contributed by atoms with Crippen LogP contribution < -0.4 is 10.1 Å². The Bertz CT molecular complexity index is 1030. The third-order valence-corrected chi connectivity index (χ3v) is 8.00. The first-order valence-electron chi connectivity index (χ1n) is 14.8. The molecule has 1 aromatic rings. The highest BCUT2D eigenvalue weighted by atomic mass is 16.5. The minimum atomic E-state index is -0.268. The fourth-order valence-electron chi connectivity index (χ4n) is 5.88. The number of piperidine rings is 1. The summed E-state index contributed by atoms with van der Waals surface area (Å²) in [5, 5.41) is 3.10. The van der Waals surface area contributed by atoms with Crippen molar-refractivity contribution < 1.29 is 23.9 Å². The Morgan fingerprint density at radius 1 is 1.07 bits per heavy atom. The smallest absolute Gasteiger partial charge is 0.270 e. The van der Waals surface area contributed by atoms with E-state index in [9.17, 15) is 14.4 Å². The molecule has 0 spiro atoms. The van der Waals surface area contributed by atoms with Gasteiger partial charge in [-0.05, 0) is 50.5 Å². The summed E-state index contributed by atoms with van der Waals surface area (Å²) in [4.78, 5) is 50.5. The molecule has 4 aliphatic rings. The van der Waals surface area contributed by atoms with Crippen molar-refractivity contribution in [1.82, 2.24) is 25.0 Å². The molecule has 1 N–H and O–H groups in total. The number of pyridine rings is 1. The third kappa shape index (κ3) is 8.16. The van der Waals surface area contributed by atoms with Gasteiger partial charge in [-0.2, -0.15) is 0 Å². The van der Waals surface area contributed by atoms with Crippen molar-refractivity contribution in [3.05, 3.63) is 23.9 Å². The Morgan fingerprint density at radius 2 is 1.82 bits per heavy atom. The highest BCUT2D eigenvalue weighted by Gasteiger charge is 2.41. The molecule has 0 unspecified atom stereocenters. The van der Waals surface area contributed by atoms with E-state index in [0.717, 1.165) is 12.8 Å². The van der Waals surface area contributed by atoms with Crippen LogP contribution in [0.4, 0.5) is 0 Å². The van der Waals surface area contributed by atoms with Crippen LogP contribution >= 0.6 is 0 Å². The van der Waals surface area contributed by atoms with Crippen molar-refractivity contribution in [2.24, 2.45) is 11.3 Å². The number of carbonyl (C=O) groups is 3. The van der Waals surface area contributed by atoms with Crippen LogP contribution in [0.2, 0.25) is 0 Å². The van der Waals surface area contributed by atoms with Crippen LogP contribution in [-0.4, -0.2) is 108 Å². The number of likely N-dealkylation sites (tertiary alicyclic amines) is 1. The molecule has 2 saturated heterocycles. The van der Waals surface area contributed by atoms with Gasteiger partial charge >= 0.3 is 0 Å². The van der Waals surface area contributed by atoms with Gasteiger partial charge in [0.2, 0.25) is 17.7 Å². The van der Waals surface area contributed by atoms with Gasteiger partial charge in [-0.15, -0.1) is 0 Å². The highest BCUT2D eigenvalue weighted by Crippen LogP contribution is 2.27. The quantitative estimate of drug-likeness (QED) is 0.558. The van der Waals surface area contributed by atoms with E-state index in [4.69, 9.17) is 9.47 Å². The molecule has 6 bridgehead atoms. The van der Waals surface area contributed by atoms with Crippen LogP contribution in [0.15, 0.2) is 18.2 Å². The third-order valence-electron chi connectivity index (χ3n) is 8.00. The van der Waals surface area contributed by atoms with Gasteiger partial charge in [-0.25, -0.2) is 4.98 Å². The van der Waals surface area contributed by atoms with Gasteiger partial charge in [0, 0.05) is 57.3 Å². The molecule has 10 nitrogen and oxygen atoms in total. The maximum absolute atomic E-state index is 13.7. The summed E-state index contributed by atoms with van der Waals surface area (Å²) in [6, 6.07) is 4.90. The van der Waals surface area contributed by atoms with E-state index in [2.05, 4.69) is 49.8 Å². The van der Waals surface area contributed by atoms with Gasteiger partial charge in [0.05, 0.1) is 19.3 Å². The summed E-state index contributed by atoms with van der Waals surface area (Å²) < 4.78 is 11.5. The predicted molar refractivity (Wildman–Crippen MR) is 152 cm³/mol. The topological polar surface area (TPSA) is 104 Å². The van der Waals surface area contributed by atoms with Crippen molar-refractivity contribution in [1.29, 1.82) is 0 Å². The zero-order valence-corrected chi connectivity index (χ0v) is 24.9. The van der Waals surface area contributed by atoms with Gasteiger partial charge in [0.1, 0.15) is 12.3 Å². The molecule has 40 heavy (non-hydrogen) atoms. The predicted octanol–water partition coefficient (Wildman–Crippen LogP) is 2.58. The SMILES string of the molecule is CC(C)N1C[C@@H]2C[C@H]1C(=O)N1CCC(CC1)CN(C(=O)CC(C)(C)C)CCOCCOc1cccc(n1)C(=O)N2. The number of nitrogens with zero attached hydrogens (tertiary/aromatic N) is 4. The molecule has 0 aromatic carbocycles. The van der Waals surface area contributed by atoms with Crippen LogP contribution in [0.5, 0.6) is 5.88 Å². The van der Waals surface area contributed by atoms with Crippen molar-refractivity contribution in [3.63, 3.8) is 0 Å². The standard InChI is InChI=1S/C30H47N5O5/c1-21(2)35-20-23-17-25(35)29(38)33-11-9-22(10-12-33)19-34(27(36)18-30(3,4)5)13-14-39-15-16-40-26-8-6-7-24(32-26)28(37)31-23/h6-8,21-23,25H,9-20H2,1-5H3,(H,31,37)/t23-,25-/m0/s1. The van der Waals surface area contributed by atoms with E-state index in [1.165, 1.54) is 0 Å². The largest absolute Gasteiger partial charge is 0.475 e. The average Bonchev–Trinajstić information content (AvgIpc) is 3.32. The summed E-state index contributed by atoms with van der Waals surface area (Å²) in [5.74, 6) is 0.719. The van der Waals surface area contributed by atoms with E-state index in [-0.39, 0.29) is 47.0 Å². The Hall–Kier alpha value is -2.72. The lowest BCUT2D eigenvalue weighted by Crippen LogP contribution is -2.51. The number of hydrogen-bond acceptors (Lipinski definition) is 7. The molecule has 0 aliphatic carbocycles. The van der Waals surface area contributed by atoms with Crippen molar-refractivity contribution in [2.45, 2.75) is 78.4 Å². The van der Waals surface area contributed by atoms with Gasteiger partial charge in [0.25, 0.3) is 5.91 Å². The number of aromatic nitrogens is 1. The Morgan fingerprint density at radius 3 is 2.52 bits per heavy atom. The zero-order valence-electron chi connectivity index (χ0n) is 24.9. The number of fused-ring (bicyclic) bond motifs is 10. The molecule has 2 fully saturated rings. The Kier molecular flexibility index (Phi) is 10.1. The Balaban J connectivity index is 1.51. The molecule has 0 radical (unpaired) electrons. The van der Waals surface area contributed by atoms with Crippen LogP contribution in [0, 0.1) is 11.3 Å². The molecular weight excluding hydrogens is 510 g/mol. The normalized spacial score (nSPS) is 25.9. The minimum Gasteiger partial charge on any atom is -0.475 e. The maximum atomic E-state index is 13.7. The summed E-state index contributed by atoms with van der Waals surface area (Å²) in [7, 11) is 0. The number of amides is 3. The number of rotatable bonds is 2. The monoisotopic (exact) mass is 557 g/mol. The number of nitrogens with one attached hydrogen (secondary N) is 1. The molecule has 4 aliphatic heterocycles. The van der Waals surface area contributed by atoms with Crippen LogP contribution in [-0.2, 0) is 14.3 Å². The van der Waals surface area contributed by atoms with E-state index >= 15 is 0 Å². The van der Waals surface area contributed by atoms with Gasteiger partial charge in [-0.3, -0.25) is 19.3 Å². The average molecular weight is 558 g/mol. The minimum absolute atomic E-state index is 0.0945. The lowest BCUT2D eigenvalue weighted by molar-refractivity contribution is -0.139. The van der Waals surface area contributed by atoms with E-state index in [1.807, 2.05) is 9.80 Å². The van der Waals surface area contributed by atoms with Crippen molar-refractivity contribution in [2.75, 3.05) is 52.5 Å². The Labute approximate surface area is 238 Å². The second-order valence-corrected chi connectivity index (χ2v) is 12.9. The van der Waals surface area contributed by atoms with E-state index in [1.54, 1.807) is 18.2 Å². The number of hydrogen-bond donors (Lipinski definition) is 1. The first-order chi connectivity index (χ1) is 19.0. The van der Waals surface area contributed by atoms with Crippen LogP contribution in [0.3, 0.4) is 0 Å². The summed E-state index contributed by atoms with van der Waals surface area (Å²) in [6.45, 7) is 14.7. The van der Waals surface area contributed by atoms with Crippen molar-refractivity contribution >= 4 is 17.7 Å². The van der Waals surface area contributed by atoms with Gasteiger partial charge in [-0.1, -0.05) is 26.8 Å². The molecule has 2 atom stereocenters.